The Bertz CT molecular complexity index is 1110. The molecule has 3 fully saturated rings. The largest absolute Gasteiger partial charge is 0.492 e. The summed E-state index contributed by atoms with van der Waals surface area (Å²) in [6.07, 6.45) is 6.31. The molecule has 0 bridgehead atoms. The SMILES string of the molecule is CCN(CC)C(=O)c1ccc(Cc2ccccc2OCCN2CCC3(CC2)C(=O)NC2CCCCN23)cc1. The number of piperidine rings is 2. The van der Waals surface area contributed by atoms with E-state index in [-0.39, 0.29) is 23.5 Å². The molecular formula is C31H42N4O3. The first-order valence-electron chi connectivity index (χ1n) is 14.4. The Labute approximate surface area is 227 Å². The van der Waals surface area contributed by atoms with E-state index in [1.54, 1.807) is 0 Å². The molecule has 3 saturated heterocycles. The first kappa shape index (κ1) is 26.7. The fourth-order valence-corrected chi connectivity index (χ4v) is 6.42. The van der Waals surface area contributed by atoms with Crippen molar-refractivity contribution in [1.29, 1.82) is 0 Å². The topological polar surface area (TPSA) is 65.1 Å². The highest BCUT2D eigenvalue weighted by atomic mass is 16.5. The Morgan fingerprint density at radius 2 is 1.76 bits per heavy atom. The van der Waals surface area contributed by atoms with Gasteiger partial charge in [-0.15, -0.1) is 0 Å². The fraction of sp³-hybridized carbons (Fsp3) is 0.548. The first-order chi connectivity index (χ1) is 18.5. The number of hydrogen-bond acceptors (Lipinski definition) is 5. The Balaban J connectivity index is 1.13. The molecule has 0 saturated carbocycles. The van der Waals surface area contributed by atoms with E-state index in [4.69, 9.17) is 4.74 Å². The summed E-state index contributed by atoms with van der Waals surface area (Å²) in [6.45, 7) is 9.83. The van der Waals surface area contributed by atoms with Crippen LogP contribution < -0.4 is 10.1 Å². The second kappa shape index (κ2) is 11.9. The molecule has 3 heterocycles. The first-order valence-corrected chi connectivity index (χ1v) is 14.4. The van der Waals surface area contributed by atoms with Crippen LogP contribution in [0.2, 0.25) is 0 Å². The van der Waals surface area contributed by atoms with Crippen LogP contribution in [0.25, 0.3) is 0 Å². The van der Waals surface area contributed by atoms with Crippen molar-refractivity contribution >= 4 is 11.8 Å². The molecule has 7 heteroatoms. The van der Waals surface area contributed by atoms with E-state index >= 15 is 0 Å². The van der Waals surface area contributed by atoms with Crippen molar-refractivity contribution in [2.45, 2.75) is 64.1 Å². The molecule has 7 nitrogen and oxygen atoms in total. The van der Waals surface area contributed by atoms with Crippen LogP contribution >= 0.6 is 0 Å². The number of amides is 2. The van der Waals surface area contributed by atoms with Gasteiger partial charge in [-0.25, -0.2) is 0 Å². The number of fused-ring (bicyclic) bond motifs is 2. The maximum absolute atomic E-state index is 12.9. The molecule has 1 N–H and O–H groups in total. The van der Waals surface area contributed by atoms with E-state index in [0.29, 0.717) is 19.7 Å². The molecule has 3 aliphatic heterocycles. The number of ether oxygens (including phenoxy) is 1. The predicted molar refractivity (Wildman–Crippen MR) is 149 cm³/mol. The summed E-state index contributed by atoms with van der Waals surface area (Å²) >= 11 is 0. The lowest BCUT2D eigenvalue weighted by atomic mass is 9.85. The second-order valence-corrected chi connectivity index (χ2v) is 10.9. The van der Waals surface area contributed by atoms with Gasteiger partial charge in [-0.3, -0.25) is 19.4 Å². The average molecular weight is 519 g/mol. The van der Waals surface area contributed by atoms with Crippen LogP contribution in [-0.2, 0) is 11.2 Å². The van der Waals surface area contributed by atoms with Crippen molar-refractivity contribution in [2.24, 2.45) is 0 Å². The maximum atomic E-state index is 12.9. The summed E-state index contributed by atoms with van der Waals surface area (Å²) in [7, 11) is 0. The third-order valence-corrected chi connectivity index (χ3v) is 8.74. The minimum absolute atomic E-state index is 0.0817. The zero-order valence-electron chi connectivity index (χ0n) is 23.0. The van der Waals surface area contributed by atoms with Crippen LogP contribution in [-0.4, -0.2) is 84.1 Å². The van der Waals surface area contributed by atoms with Gasteiger partial charge in [0.05, 0.1) is 6.17 Å². The fourth-order valence-electron chi connectivity index (χ4n) is 6.42. The quantitative estimate of drug-likeness (QED) is 0.545. The molecule has 5 rings (SSSR count). The van der Waals surface area contributed by atoms with Crippen molar-refractivity contribution in [2.75, 3.05) is 45.9 Å². The van der Waals surface area contributed by atoms with Gasteiger partial charge in [0.1, 0.15) is 17.9 Å². The molecule has 2 aromatic rings. The number of para-hydroxylation sites is 1. The lowest BCUT2D eigenvalue weighted by Crippen LogP contribution is -2.58. The van der Waals surface area contributed by atoms with Crippen LogP contribution in [0, 0.1) is 0 Å². The Kier molecular flexibility index (Phi) is 8.34. The van der Waals surface area contributed by atoms with Crippen molar-refractivity contribution in [3.8, 4) is 5.75 Å². The number of rotatable bonds is 9. The zero-order valence-corrected chi connectivity index (χ0v) is 23.0. The summed E-state index contributed by atoms with van der Waals surface area (Å²) in [5.41, 5.74) is 2.74. The number of nitrogens with one attached hydrogen (secondary N) is 1. The van der Waals surface area contributed by atoms with Crippen molar-refractivity contribution in [1.82, 2.24) is 20.0 Å². The average Bonchev–Trinajstić information content (AvgIpc) is 3.22. The van der Waals surface area contributed by atoms with E-state index in [1.165, 1.54) is 12.8 Å². The van der Waals surface area contributed by atoms with Crippen LogP contribution in [0.15, 0.2) is 48.5 Å². The molecule has 1 unspecified atom stereocenters. The third-order valence-electron chi connectivity index (χ3n) is 8.74. The van der Waals surface area contributed by atoms with Gasteiger partial charge in [-0.05, 0) is 75.3 Å². The number of likely N-dealkylation sites (tertiary alicyclic amines) is 1. The van der Waals surface area contributed by atoms with Gasteiger partial charge in [0, 0.05) is 51.3 Å². The molecule has 204 valence electrons. The normalized spacial score (nSPS) is 21.2. The summed E-state index contributed by atoms with van der Waals surface area (Å²) in [5, 5.41) is 3.27. The third kappa shape index (κ3) is 5.45. The highest BCUT2D eigenvalue weighted by Crippen LogP contribution is 2.38. The number of nitrogens with zero attached hydrogens (tertiary/aromatic N) is 3. The van der Waals surface area contributed by atoms with Gasteiger partial charge in [0.2, 0.25) is 5.91 Å². The van der Waals surface area contributed by atoms with Gasteiger partial charge in [0.15, 0.2) is 0 Å². The van der Waals surface area contributed by atoms with Crippen molar-refractivity contribution in [3.05, 3.63) is 65.2 Å². The maximum Gasteiger partial charge on any atom is 0.253 e. The Morgan fingerprint density at radius 3 is 2.50 bits per heavy atom. The van der Waals surface area contributed by atoms with Gasteiger partial charge >= 0.3 is 0 Å². The lowest BCUT2D eigenvalue weighted by molar-refractivity contribution is -0.129. The van der Waals surface area contributed by atoms with Crippen LogP contribution in [0.5, 0.6) is 5.75 Å². The van der Waals surface area contributed by atoms with E-state index in [9.17, 15) is 9.59 Å². The molecule has 3 aliphatic rings. The van der Waals surface area contributed by atoms with Gasteiger partial charge < -0.3 is 15.0 Å². The van der Waals surface area contributed by atoms with Gasteiger partial charge in [-0.1, -0.05) is 30.3 Å². The second-order valence-electron chi connectivity index (χ2n) is 10.9. The lowest BCUT2D eigenvalue weighted by Gasteiger charge is -2.45. The van der Waals surface area contributed by atoms with E-state index in [2.05, 4.69) is 21.2 Å². The van der Waals surface area contributed by atoms with Gasteiger partial charge in [0.25, 0.3) is 5.91 Å². The van der Waals surface area contributed by atoms with E-state index in [1.807, 2.05) is 61.2 Å². The summed E-state index contributed by atoms with van der Waals surface area (Å²) < 4.78 is 6.27. The molecule has 2 amide bonds. The summed E-state index contributed by atoms with van der Waals surface area (Å²) in [4.78, 5) is 32.3. The molecule has 1 atom stereocenters. The summed E-state index contributed by atoms with van der Waals surface area (Å²) in [6, 6.07) is 16.2. The van der Waals surface area contributed by atoms with Crippen molar-refractivity contribution < 1.29 is 14.3 Å². The van der Waals surface area contributed by atoms with Crippen LogP contribution in [0.1, 0.15) is 67.4 Å². The Morgan fingerprint density at radius 1 is 1.03 bits per heavy atom. The molecule has 38 heavy (non-hydrogen) atoms. The number of hydrogen-bond donors (Lipinski definition) is 1. The van der Waals surface area contributed by atoms with Gasteiger partial charge in [-0.2, -0.15) is 0 Å². The van der Waals surface area contributed by atoms with E-state index in [0.717, 1.165) is 74.3 Å². The molecule has 2 aromatic carbocycles. The minimum atomic E-state index is -0.291. The van der Waals surface area contributed by atoms with Crippen molar-refractivity contribution in [3.63, 3.8) is 0 Å². The van der Waals surface area contributed by atoms with E-state index < -0.39 is 0 Å². The number of carbonyl (C=O) groups excluding carboxylic acids is 2. The number of carbonyl (C=O) groups is 2. The van der Waals surface area contributed by atoms with Crippen LogP contribution in [0.3, 0.4) is 0 Å². The standard InChI is InChI=1S/C31H42N4O3/c1-3-34(4-2)29(36)25-14-12-24(13-15-25)23-26-9-5-6-10-27(26)38-22-21-33-19-16-31(17-20-33)30(37)32-28-11-7-8-18-35(28)31/h5-6,9-10,12-15,28H,3-4,7-8,11,16-23H2,1-2H3,(H,32,37). The molecule has 0 aromatic heterocycles. The Hall–Kier alpha value is -2.90. The van der Waals surface area contributed by atoms with Crippen LogP contribution in [0.4, 0.5) is 0 Å². The predicted octanol–water partition coefficient (Wildman–Crippen LogP) is 3.91. The molecule has 0 aliphatic carbocycles. The minimum Gasteiger partial charge on any atom is -0.492 e. The molecule has 0 radical (unpaired) electrons. The molecule has 1 spiro atoms. The smallest absolute Gasteiger partial charge is 0.253 e. The highest BCUT2D eigenvalue weighted by Gasteiger charge is 2.54. The monoisotopic (exact) mass is 518 g/mol. The number of benzene rings is 2. The zero-order chi connectivity index (χ0) is 26.5. The molecular weight excluding hydrogens is 476 g/mol. The summed E-state index contributed by atoms with van der Waals surface area (Å²) in [5.74, 6) is 1.24. The highest BCUT2D eigenvalue weighted by molar-refractivity contribution is 5.94.